The van der Waals surface area contributed by atoms with Gasteiger partial charge in [0.15, 0.2) is 5.60 Å². The Morgan fingerprint density at radius 2 is 1.94 bits per heavy atom. The molecule has 2 N–H and O–H groups in total. The maximum atomic E-state index is 11.4. The summed E-state index contributed by atoms with van der Waals surface area (Å²) in [5, 5.41) is 19.0. The summed E-state index contributed by atoms with van der Waals surface area (Å²) in [5.74, 6) is -0.398. The number of aromatic hydroxyl groups is 1. The van der Waals surface area contributed by atoms with E-state index >= 15 is 0 Å². The summed E-state index contributed by atoms with van der Waals surface area (Å²) in [5.41, 5.74) is -0.513. The Bertz CT molecular complexity index is 368. The van der Waals surface area contributed by atoms with E-state index in [1.807, 2.05) is 0 Å². The van der Waals surface area contributed by atoms with E-state index in [0.29, 0.717) is 6.42 Å². The zero-order valence-electron chi connectivity index (χ0n) is 10.1. The molecule has 1 rings (SSSR count). The predicted molar refractivity (Wildman–Crippen MR) is 63.7 cm³/mol. The first-order chi connectivity index (χ1) is 7.95. The van der Waals surface area contributed by atoms with Crippen LogP contribution in [0.3, 0.4) is 0 Å². The van der Waals surface area contributed by atoms with Gasteiger partial charge in [0.2, 0.25) is 0 Å². The number of rotatable bonds is 5. The number of esters is 1. The highest BCUT2D eigenvalue weighted by molar-refractivity contribution is 5.78. The zero-order valence-corrected chi connectivity index (χ0v) is 10.1. The van der Waals surface area contributed by atoms with Gasteiger partial charge in [-0.2, -0.15) is 0 Å². The molecule has 0 saturated heterocycles. The molecule has 0 radical (unpaired) electrons. The number of ether oxygens (including phenoxy) is 1. The third-order valence-electron chi connectivity index (χ3n) is 2.55. The average Bonchev–Trinajstić information content (AvgIpc) is 2.29. The molecule has 94 valence electrons. The molecule has 1 unspecified atom stereocenters. The molecule has 0 aliphatic carbocycles. The molecule has 0 aliphatic heterocycles. The van der Waals surface area contributed by atoms with E-state index in [1.165, 1.54) is 6.92 Å². The number of phenolic OH excluding ortho intramolecular Hbond substituents is 1. The molecule has 0 spiro atoms. The minimum absolute atomic E-state index is 0.200. The van der Waals surface area contributed by atoms with Crippen LogP contribution >= 0.6 is 0 Å². The molecule has 4 heteroatoms. The van der Waals surface area contributed by atoms with Crippen molar-refractivity contribution in [2.75, 3.05) is 6.61 Å². The minimum Gasteiger partial charge on any atom is -0.508 e. The van der Waals surface area contributed by atoms with Gasteiger partial charge < -0.3 is 14.9 Å². The molecule has 0 fully saturated rings. The van der Waals surface area contributed by atoms with E-state index < -0.39 is 11.6 Å². The summed E-state index contributed by atoms with van der Waals surface area (Å²) < 4.78 is 4.79. The fraction of sp³-hybridized carbons (Fsp3) is 0.462. The average molecular weight is 238 g/mol. The second-order valence-electron chi connectivity index (χ2n) is 4.16. The van der Waals surface area contributed by atoms with Crippen LogP contribution in [0.1, 0.15) is 25.8 Å². The summed E-state index contributed by atoms with van der Waals surface area (Å²) in [6.07, 6.45) is 0.836. The van der Waals surface area contributed by atoms with E-state index in [4.69, 9.17) is 9.84 Å². The lowest BCUT2D eigenvalue weighted by Crippen LogP contribution is -2.37. The van der Waals surface area contributed by atoms with Gasteiger partial charge in [-0.25, -0.2) is 4.79 Å². The molecule has 17 heavy (non-hydrogen) atoms. The highest BCUT2D eigenvalue weighted by Gasteiger charge is 2.31. The van der Waals surface area contributed by atoms with Crippen molar-refractivity contribution in [3.63, 3.8) is 0 Å². The van der Waals surface area contributed by atoms with E-state index in [1.54, 1.807) is 31.2 Å². The van der Waals surface area contributed by atoms with Crippen LogP contribution in [0.4, 0.5) is 0 Å². The van der Waals surface area contributed by atoms with Crippen LogP contribution in [0.15, 0.2) is 24.3 Å². The maximum absolute atomic E-state index is 11.4. The van der Waals surface area contributed by atoms with Gasteiger partial charge in [0.05, 0.1) is 6.61 Å². The Morgan fingerprint density at radius 3 is 2.47 bits per heavy atom. The molecule has 0 heterocycles. The van der Waals surface area contributed by atoms with Gasteiger partial charge in [-0.15, -0.1) is 0 Å². The van der Waals surface area contributed by atoms with Crippen molar-refractivity contribution >= 4 is 5.97 Å². The molecule has 0 bridgehead atoms. The summed E-state index contributed by atoms with van der Waals surface area (Å²) in [4.78, 5) is 11.4. The highest BCUT2D eigenvalue weighted by Crippen LogP contribution is 2.17. The molecular formula is C13H18O4. The number of carbonyl (C=O) groups excluding carboxylic acids is 1. The van der Waals surface area contributed by atoms with Crippen molar-refractivity contribution < 1.29 is 19.7 Å². The molecule has 0 saturated carbocycles. The van der Waals surface area contributed by atoms with Gasteiger partial charge in [0.1, 0.15) is 5.75 Å². The lowest BCUT2D eigenvalue weighted by atomic mass is 9.97. The summed E-state index contributed by atoms with van der Waals surface area (Å²) in [7, 11) is 0. The summed E-state index contributed by atoms with van der Waals surface area (Å²) in [6.45, 7) is 3.41. The van der Waals surface area contributed by atoms with Crippen molar-refractivity contribution in [3.8, 4) is 5.75 Å². The van der Waals surface area contributed by atoms with Gasteiger partial charge >= 0.3 is 5.97 Å². The third kappa shape index (κ3) is 4.07. The SMILES string of the molecule is CCOC(=O)C(C)(O)CCc1ccc(O)cc1. The molecule has 0 aliphatic rings. The van der Waals surface area contributed by atoms with Crippen LogP contribution in [-0.2, 0) is 16.0 Å². The molecule has 1 aromatic rings. The Kier molecular flexibility index (Phi) is 4.52. The lowest BCUT2D eigenvalue weighted by Gasteiger charge is -2.20. The summed E-state index contributed by atoms with van der Waals surface area (Å²) >= 11 is 0. The zero-order chi connectivity index (χ0) is 12.9. The normalized spacial score (nSPS) is 14.1. The number of hydrogen-bond donors (Lipinski definition) is 2. The molecule has 1 atom stereocenters. The van der Waals surface area contributed by atoms with Crippen molar-refractivity contribution in [2.45, 2.75) is 32.3 Å². The van der Waals surface area contributed by atoms with Gasteiger partial charge in [-0.1, -0.05) is 12.1 Å². The minimum atomic E-state index is -1.46. The Balaban J connectivity index is 2.54. The molecule has 0 aromatic heterocycles. The van der Waals surface area contributed by atoms with E-state index in [-0.39, 0.29) is 18.8 Å². The van der Waals surface area contributed by atoms with Gasteiger partial charge in [-0.3, -0.25) is 0 Å². The first-order valence-electron chi connectivity index (χ1n) is 5.63. The quantitative estimate of drug-likeness (QED) is 0.765. The van der Waals surface area contributed by atoms with Gasteiger partial charge in [-0.05, 0) is 44.4 Å². The number of aryl methyl sites for hydroxylation is 1. The smallest absolute Gasteiger partial charge is 0.337 e. The second-order valence-corrected chi connectivity index (χ2v) is 4.16. The van der Waals surface area contributed by atoms with Crippen LogP contribution in [0.2, 0.25) is 0 Å². The Hall–Kier alpha value is -1.55. The van der Waals surface area contributed by atoms with Crippen LogP contribution in [0.5, 0.6) is 5.75 Å². The van der Waals surface area contributed by atoms with E-state index in [2.05, 4.69) is 0 Å². The molecule has 0 amide bonds. The van der Waals surface area contributed by atoms with Crippen LogP contribution in [-0.4, -0.2) is 28.4 Å². The largest absolute Gasteiger partial charge is 0.508 e. The van der Waals surface area contributed by atoms with Crippen LogP contribution < -0.4 is 0 Å². The first kappa shape index (κ1) is 13.5. The van der Waals surface area contributed by atoms with Crippen molar-refractivity contribution in [1.29, 1.82) is 0 Å². The van der Waals surface area contributed by atoms with Crippen molar-refractivity contribution in [1.82, 2.24) is 0 Å². The van der Waals surface area contributed by atoms with E-state index in [9.17, 15) is 9.90 Å². The number of benzene rings is 1. The summed E-state index contributed by atoms with van der Waals surface area (Å²) in [6, 6.07) is 6.68. The lowest BCUT2D eigenvalue weighted by molar-refractivity contribution is -0.163. The second kappa shape index (κ2) is 5.68. The highest BCUT2D eigenvalue weighted by atomic mass is 16.5. The van der Waals surface area contributed by atoms with Crippen LogP contribution in [0, 0.1) is 0 Å². The molecule has 1 aromatic carbocycles. The predicted octanol–water partition coefficient (Wildman–Crippen LogP) is 1.64. The van der Waals surface area contributed by atoms with Crippen molar-refractivity contribution in [2.24, 2.45) is 0 Å². The number of carbonyl (C=O) groups is 1. The number of hydrogen-bond acceptors (Lipinski definition) is 4. The van der Waals surface area contributed by atoms with Gasteiger partial charge in [0.25, 0.3) is 0 Å². The monoisotopic (exact) mass is 238 g/mol. The van der Waals surface area contributed by atoms with Gasteiger partial charge in [0, 0.05) is 0 Å². The molecular weight excluding hydrogens is 220 g/mol. The third-order valence-corrected chi connectivity index (χ3v) is 2.55. The number of phenols is 1. The Morgan fingerprint density at radius 1 is 1.35 bits per heavy atom. The van der Waals surface area contributed by atoms with Crippen molar-refractivity contribution in [3.05, 3.63) is 29.8 Å². The van der Waals surface area contributed by atoms with E-state index in [0.717, 1.165) is 5.56 Å². The number of aliphatic hydroxyl groups is 1. The fourth-order valence-electron chi connectivity index (χ4n) is 1.44. The standard InChI is InChI=1S/C13H18O4/c1-3-17-12(15)13(2,16)9-8-10-4-6-11(14)7-5-10/h4-7,14,16H,3,8-9H2,1-2H3. The topological polar surface area (TPSA) is 66.8 Å². The fourth-order valence-corrected chi connectivity index (χ4v) is 1.44. The molecule has 4 nitrogen and oxygen atoms in total. The maximum Gasteiger partial charge on any atom is 0.337 e. The first-order valence-corrected chi connectivity index (χ1v) is 5.63. The Labute approximate surface area is 101 Å². The van der Waals surface area contributed by atoms with Crippen LogP contribution in [0.25, 0.3) is 0 Å².